The van der Waals surface area contributed by atoms with E-state index in [2.05, 4.69) is 0 Å². The van der Waals surface area contributed by atoms with E-state index in [0.717, 1.165) is 0 Å². The monoisotopic (exact) mass is 439 g/mol. The Morgan fingerprint density at radius 1 is 0.696 bits per heavy atom. The molecule has 0 saturated carbocycles. The van der Waals surface area contributed by atoms with Gasteiger partial charge in [-0.15, -0.1) is 0 Å². The van der Waals surface area contributed by atoms with E-state index in [9.17, 15) is 9.59 Å². The minimum Gasteiger partial charge on any atom is -0.506 e. The number of aromatic hydroxyl groups is 2. The van der Waals surface area contributed by atoms with Crippen molar-refractivity contribution < 1.29 is 36.6 Å². The van der Waals surface area contributed by atoms with E-state index in [1.54, 1.807) is 0 Å². The van der Waals surface area contributed by atoms with Crippen molar-refractivity contribution in [1.82, 2.24) is 0 Å². The van der Waals surface area contributed by atoms with E-state index < -0.39 is 0 Å². The second-order valence-corrected chi connectivity index (χ2v) is 5.57. The molecule has 0 fully saturated rings. The first-order valence-corrected chi connectivity index (χ1v) is 7.07. The summed E-state index contributed by atoms with van der Waals surface area (Å²) in [7, 11) is 0. The number of phenols is 2. The molecular formula is C14H8Cl4CoO4. The zero-order valence-electron chi connectivity index (χ0n) is 11.0. The standard InChI is InChI=1S/2C7H4Cl2O2.Co/c2*8-5-1-4(3-10)7(11)6(9)2-5;/h2*1-3,11H;. The van der Waals surface area contributed by atoms with Gasteiger partial charge in [0.15, 0.2) is 12.6 Å². The SMILES string of the molecule is O=Cc1cc(Cl)cc(Cl)c1O.O=Cc1cc(Cl)cc(Cl)c1O.[Co]. The largest absolute Gasteiger partial charge is 0.506 e. The first-order chi connectivity index (χ1) is 10.3. The second-order valence-electron chi connectivity index (χ2n) is 3.89. The van der Waals surface area contributed by atoms with Crippen LogP contribution in [0.3, 0.4) is 0 Å². The Morgan fingerprint density at radius 3 is 1.26 bits per heavy atom. The predicted molar refractivity (Wildman–Crippen MR) is 87.0 cm³/mol. The van der Waals surface area contributed by atoms with Crippen LogP contribution in [0.25, 0.3) is 0 Å². The van der Waals surface area contributed by atoms with Crippen LogP contribution in [-0.4, -0.2) is 22.8 Å². The molecule has 0 unspecified atom stereocenters. The van der Waals surface area contributed by atoms with Gasteiger partial charge in [-0.3, -0.25) is 9.59 Å². The van der Waals surface area contributed by atoms with Gasteiger partial charge in [0.2, 0.25) is 0 Å². The Hall–Kier alpha value is -0.954. The number of carbonyl (C=O) groups is 2. The zero-order chi connectivity index (χ0) is 16.9. The number of hydrogen-bond acceptors (Lipinski definition) is 4. The van der Waals surface area contributed by atoms with Crippen LogP contribution in [0.2, 0.25) is 20.1 Å². The fourth-order valence-corrected chi connectivity index (χ4v) is 2.37. The maximum absolute atomic E-state index is 10.3. The summed E-state index contributed by atoms with van der Waals surface area (Å²) in [6, 6.07) is 5.42. The van der Waals surface area contributed by atoms with Crippen LogP contribution < -0.4 is 0 Å². The molecule has 9 heteroatoms. The van der Waals surface area contributed by atoms with Crippen molar-refractivity contribution >= 4 is 59.0 Å². The fraction of sp³-hybridized carbons (Fsp3) is 0. The molecule has 0 aliphatic rings. The maximum atomic E-state index is 10.3. The van der Waals surface area contributed by atoms with Crippen molar-refractivity contribution in [2.45, 2.75) is 0 Å². The Kier molecular flexibility index (Phi) is 9.61. The summed E-state index contributed by atoms with van der Waals surface area (Å²) >= 11 is 22.1. The number of phenolic OH excluding ortho intramolecular Hbond substituents is 2. The van der Waals surface area contributed by atoms with Crippen LogP contribution >= 0.6 is 46.4 Å². The molecule has 1 radical (unpaired) electrons. The third-order valence-electron chi connectivity index (χ3n) is 2.37. The van der Waals surface area contributed by atoms with Gasteiger partial charge in [0.05, 0.1) is 21.2 Å². The molecule has 0 bridgehead atoms. The molecule has 2 rings (SSSR count). The summed E-state index contributed by atoms with van der Waals surface area (Å²) in [5, 5.41) is 19.0. The van der Waals surface area contributed by atoms with Crippen LogP contribution in [-0.2, 0) is 16.8 Å². The molecule has 0 saturated heterocycles. The molecule has 0 heterocycles. The average Bonchev–Trinajstić information content (AvgIpc) is 2.47. The van der Waals surface area contributed by atoms with Gasteiger partial charge in [0.1, 0.15) is 11.5 Å². The zero-order valence-corrected chi connectivity index (χ0v) is 15.1. The van der Waals surface area contributed by atoms with Crippen LogP contribution in [0.5, 0.6) is 11.5 Å². The van der Waals surface area contributed by atoms with E-state index in [-0.39, 0.29) is 49.4 Å². The normalized spacial score (nSPS) is 9.22. The molecule has 0 spiro atoms. The smallest absolute Gasteiger partial charge is 0.153 e. The van der Waals surface area contributed by atoms with Crippen molar-refractivity contribution in [3.63, 3.8) is 0 Å². The van der Waals surface area contributed by atoms with E-state index >= 15 is 0 Å². The molecule has 0 aromatic heterocycles. The second kappa shape index (κ2) is 10.0. The van der Waals surface area contributed by atoms with E-state index in [1.807, 2.05) is 0 Å². The van der Waals surface area contributed by atoms with Gasteiger partial charge in [-0.25, -0.2) is 0 Å². The number of rotatable bonds is 2. The summed E-state index contributed by atoms with van der Waals surface area (Å²) < 4.78 is 0. The van der Waals surface area contributed by atoms with Gasteiger partial charge in [0.25, 0.3) is 0 Å². The topological polar surface area (TPSA) is 74.6 Å². The van der Waals surface area contributed by atoms with E-state index in [1.165, 1.54) is 24.3 Å². The maximum Gasteiger partial charge on any atom is 0.153 e. The van der Waals surface area contributed by atoms with Gasteiger partial charge in [-0.05, 0) is 24.3 Å². The van der Waals surface area contributed by atoms with Crippen LogP contribution in [0.4, 0.5) is 0 Å². The molecule has 0 amide bonds. The van der Waals surface area contributed by atoms with Gasteiger partial charge in [-0.1, -0.05) is 46.4 Å². The van der Waals surface area contributed by atoms with E-state index in [4.69, 9.17) is 56.6 Å². The molecule has 2 aromatic rings. The fourth-order valence-electron chi connectivity index (χ4n) is 1.35. The summed E-state index contributed by atoms with van der Waals surface area (Å²) in [5.74, 6) is -0.461. The number of carbonyl (C=O) groups excluding carboxylic acids is 2. The predicted octanol–water partition coefficient (Wildman–Crippen LogP) is 5.02. The first-order valence-electron chi connectivity index (χ1n) is 5.56. The molecule has 0 atom stereocenters. The van der Waals surface area contributed by atoms with Crippen LogP contribution in [0.1, 0.15) is 20.7 Å². The Morgan fingerprint density at radius 2 is 1.00 bits per heavy atom. The average molecular weight is 441 g/mol. The third kappa shape index (κ3) is 6.22. The summed E-state index contributed by atoms with van der Waals surface area (Å²) in [6.45, 7) is 0. The molecular weight excluding hydrogens is 433 g/mol. The number of halogens is 4. The molecule has 4 nitrogen and oxygen atoms in total. The van der Waals surface area contributed by atoms with Gasteiger partial charge in [0, 0.05) is 26.8 Å². The van der Waals surface area contributed by atoms with Crippen molar-refractivity contribution in [3.8, 4) is 11.5 Å². The Bertz CT molecular complexity index is 661. The van der Waals surface area contributed by atoms with Crippen molar-refractivity contribution in [2.75, 3.05) is 0 Å². The molecule has 125 valence electrons. The van der Waals surface area contributed by atoms with Gasteiger partial charge >= 0.3 is 0 Å². The first kappa shape index (κ1) is 22.0. The number of aldehydes is 2. The number of hydrogen-bond donors (Lipinski definition) is 2. The van der Waals surface area contributed by atoms with Crippen LogP contribution in [0.15, 0.2) is 24.3 Å². The molecule has 2 N–H and O–H groups in total. The number of benzene rings is 2. The summed E-state index contributed by atoms with van der Waals surface area (Å²) in [4.78, 5) is 20.5. The summed E-state index contributed by atoms with van der Waals surface area (Å²) in [5.41, 5.74) is 0.199. The minimum atomic E-state index is -0.230. The van der Waals surface area contributed by atoms with E-state index in [0.29, 0.717) is 22.6 Å². The van der Waals surface area contributed by atoms with Gasteiger partial charge in [-0.2, -0.15) is 0 Å². The van der Waals surface area contributed by atoms with Crippen molar-refractivity contribution in [1.29, 1.82) is 0 Å². The van der Waals surface area contributed by atoms with Crippen LogP contribution in [0, 0.1) is 0 Å². The quantitative estimate of drug-likeness (QED) is 0.643. The van der Waals surface area contributed by atoms with Crippen molar-refractivity contribution in [3.05, 3.63) is 55.5 Å². The summed E-state index contributed by atoms with van der Waals surface area (Å²) in [6.07, 6.45) is 0.986. The molecule has 0 aliphatic heterocycles. The van der Waals surface area contributed by atoms with Gasteiger partial charge < -0.3 is 10.2 Å². The molecule has 2 aromatic carbocycles. The molecule has 23 heavy (non-hydrogen) atoms. The minimum absolute atomic E-state index is 0. The third-order valence-corrected chi connectivity index (χ3v) is 3.38. The Balaban J connectivity index is 0.000000403. The Labute approximate surface area is 162 Å². The molecule has 0 aliphatic carbocycles. The van der Waals surface area contributed by atoms with Crippen molar-refractivity contribution in [2.24, 2.45) is 0 Å².